The van der Waals surface area contributed by atoms with Gasteiger partial charge < -0.3 is 10.2 Å². The third kappa shape index (κ3) is 3.17. The molecule has 0 fully saturated rings. The first-order valence-corrected chi connectivity index (χ1v) is 10.0. The molecule has 0 aliphatic carbocycles. The number of nitrogens with one attached hydrogen (secondary N) is 1. The minimum absolute atomic E-state index is 0.0465. The van der Waals surface area contributed by atoms with Gasteiger partial charge in [0.1, 0.15) is 11.4 Å². The topological polar surface area (TPSA) is 75.2 Å². The molecular formula is C18H16N4O2S2. The Morgan fingerprint density at radius 3 is 3.08 bits per heavy atom. The molecule has 2 amide bonds. The predicted octanol–water partition coefficient (Wildman–Crippen LogP) is 3.55. The van der Waals surface area contributed by atoms with Crippen molar-refractivity contribution in [1.29, 1.82) is 0 Å². The summed E-state index contributed by atoms with van der Waals surface area (Å²) in [6.45, 7) is 1.90. The molecule has 8 heteroatoms. The lowest BCUT2D eigenvalue weighted by molar-refractivity contribution is -0.117. The first-order chi connectivity index (χ1) is 12.6. The molecule has 0 bridgehead atoms. The largest absolute Gasteiger partial charge is 0.324 e. The van der Waals surface area contributed by atoms with Crippen LogP contribution in [0.15, 0.2) is 47.1 Å². The van der Waals surface area contributed by atoms with Gasteiger partial charge in [0.15, 0.2) is 0 Å². The van der Waals surface area contributed by atoms with Crippen LogP contribution in [-0.2, 0) is 9.59 Å². The lowest BCUT2D eigenvalue weighted by atomic mass is 10.2. The molecule has 0 spiro atoms. The highest BCUT2D eigenvalue weighted by Gasteiger charge is 2.29. The molecule has 26 heavy (non-hydrogen) atoms. The van der Waals surface area contributed by atoms with E-state index < -0.39 is 0 Å². The third-order valence-corrected chi connectivity index (χ3v) is 6.18. The zero-order chi connectivity index (χ0) is 18.1. The van der Waals surface area contributed by atoms with E-state index in [2.05, 4.69) is 15.3 Å². The summed E-state index contributed by atoms with van der Waals surface area (Å²) in [6.07, 6.45) is 1.79. The maximum atomic E-state index is 13.0. The van der Waals surface area contributed by atoms with E-state index in [1.165, 1.54) is 18.1 Å². The van der Waals surface area contributed by atoms with E-state index in [-0.39, 0.29) is 30.0 Å². The Kier molecular flexibility index (Phi) is 4.60. The fourth-order valence-corrected chi connectivity index (χ4v) is 4.84. The first-order valence-electron chi connectivity index (χ1n) is 8.15. The van der Waals surface area contributed by atoms with Gasteiger partial charge in [-0.2, -0.15) is 0 Å². The number of carbonyl (C=O) groups excluding carboxylic acids is 2. The highest BCUT2D eigenvalue weighted by molar-refractivity contribution is 8.00. The van der Waals surface area contributed by atoms with E-state index in [4.69, 9.17) is 0 Å². The van der Waals surface area contributed by atoms with Crippen molar-refractivity contribution in [2.45, 2.75) is 24.4 Å². The summed E-state index contributed by atoms with van der Waals surface area (Å²) in [7, 11) is 0. The van der Waals surface area contributed by atoms with Gasteiger partial charge in [0.2, 0.25) is 11.8 Å². The third-order valence-electron chi connectivity index (χ3n) is 4.17. The van der Waals surface area contributed by atoms with Crippen LogP contribution in [-0.4, -0.2) is 33.6 Å². The van der Waals surface area contributed by atoms with Gasteiger partial charge in [0, 0.05) is 12.5 Å². The van der Waals surface area contributed by atoms with E-state index in [1.807, 2.05) is 42.6 Å². The zero-order valence-corrected chi connectivity index (χ0v) is 15.6. The molecule has 1 aliphatic rings. The normalized spacial score (nSPS) is 16.9. The maximum Gasteiger partial charge on any atom is 0.237 e. The van der Waals surface area contributed by atoms with Gasteiger partial charge in [-0.25, -0.2) is 9.97 Å². The van der Waals surface area contributed by atoms with E-state index in [9.17, 15) is 9.59 Å². The number of fused-ring (bicyclic) bond motifs is 2. The fourth-order valence-electron chi connectivity index (χ4n) is 3.04. The molecule has 6 nitrogen and oxygen atoms in total. The summed E-state index contributed by atoms with van der Waals surface area (Å²) in [5, 5.41) is 5.65. The minimum atomic E-state index is -0.209. The molecule has 132 valence electrons. The molecule has 3 heterocycles. The molecule has 1 atom stereocenters. The van der Waals surface area contributed by atoms with Crippen molar-refractivity contribution in [2.75, 3.05) is 16.0 Å². The van der Waals surface area contributed by atoms with Crippen LogP contribution < -0.4 is 10.2 Å². The van der Waals surface area contributed by atoms with Gasteiger partial charge in [0.25, 0.3) is 0 Å². The highest BCUT2D eigenvalue weighted by atomic mass is 32.2. The number of nitrogens with zero attached hydrogens (tertiary/aromatic N) is 3. The molecule has 1 aromatic carbocycles. The van der Waals surface area contributed by atoms with Crippen molar-refractivity contribution in [3.63, 3.8) is 0 Å². The second kappa shape index (κ2) is 7.05. The lowest BCUT2D eigenvalue weighted by Crippen LogP contribution is -2.40. The van der Waals surface area contributed by atoms with Crippen molar-refractivity contribution in [3.8, 4) is 0 Å². The second-order valence-corrected chi connectivity index (χ2v) is 7.86. The van der Waals surface area contributed by atoms with Gasteiger partial charge in [0.05, 0.1) is 27.3 Å². The molecular weight excluding hydrogens is 368 g/mol. The van der Waals surface area contributed by atoms with E-state index in [0.717, 1.165) is 20.9 Å². The SMILES string of the molecule is CC1CC(=O)Nc2ccccc2N1C(=O)CSc1ncnc2ccsc12. The van der Waals surface area contributed by atoms with Crippen molar-refractivity contribution in [3.05, 3.63) is 42.0 Å². The first kappa shape index (κ1) is 17.0. The van der Waals surface area contributed by atoms with E-state index in [0.29, 0.717) is 5.69 Å². The zero-order valence-electron chi connectivity index (χ0n) is 14.0. The Labute approximate surface area is 158 Å². The number of thioether (sulfide) groups is 1. The molecule has 1 unspecified atom stereocenters. The lowest BCUT2D eigenvalue weighted by Gasteiger charge is -2.27. The van der Waals surface area contributed by atoms with Crippen LogP contribution in [0.2, 0.25) is 0 Å². The Bertz CT molecular complexity index is 988. The average Bonchev–Trinajstić information content (AvgIpc) is 3.06. The number of para-hydroxylation sites is 2. The van der Waals surface area contributed by atoms with Gasteiger partial charge >= 0.3 is 0 Å². The fraction of sp³-hybridized carbons (Fsp3) is 0.222. The molecule has 0 saturated carbocycles. The maximum absolute atomic E-state index is 13.0. The number of carbonyl (C=O) groups is 2. The minimum Gasteiger partial charge on any atom is -0.324 e. The number of benzene rings is 1. The molecule has 1 N–H and O–H groups in total. The number of aromatic nitrogens is 2. The van der Waals surface area contributed by atoms with Crippen molar-refractivity contribution >= 4 is 56.5 Å². The summed E-state index contributed by atoms with van der Waals surface area (Å²) >= 11 is 2.97. The van der Waals surface area contributed by atoms with E-state index in [1.54, 1.807) is 16.2 Å². The smallest absolute Gasteiger partial charge is 0.237 e. The molecule has 0 saturated heterocycles. The van der Waals surface area contributed by atoms with Gasteiger partial charge in [-0.3, -0.25) is 9.59 Å². The second-order valence-electron chi connectivity index (χ2n) is 5.98. The summed E-state index contributed by atoms with van der Waals surface area (Å²) in [4.78, 5) is 35.3. The van der Waals surface area contributed by atoms with Crippen molar-refractivity contribution in [2.24, 2.45) is 0 Å². The number of rotatable bonds is 3. The van der Waals surface area contributed by atoms with Crippen LogP contribution >= 0.6 is 23.1 Å². The number of amides is 2. The molecule has 0 radical (unpaired) electrons. The highest BCUT2D eigenvalue weighted by Crippen LogP contribution is 2.33. The quantitative estimate of drug-likeness (QED) is 0.552. The monoisotopic (exact) mass is 384 g/mol. The van der Waals surface area contributed by atoms with Crippen LogP contribution in [0.4, 0.5) is 11.4 Å². The van der Waals surface area contributed by atoms with Crippen LogP contribution in [0, 0.1) is 0 Å². The summed E-state index contributed by atoms with van der Waals surface area (Å²) in [5.41, 5.74) is 2.30. The average molecular weight is 384 g/mol. The van der Waals surface area contributed by atoms with Gasteiger partial charge in [-0.05, 0) is 30.5 Å². The van der Waals surface area contributed by atoms with Gasteiger partial charge in [-0.15, -0.1) is 11.3 Å². The van der Waals surface area contributed by atoms with Crippen LogP contribution in [0.3, 0.4) is 0 Å². The number of anilines is 2. The molecule has 4 rings (SSSR count). The number of hydrogen-bond acceptors (Lipinski definition) is 6. The van der Waals surface area contributed by atoms with Crippen molar-refractivity contribution in [1.82, 2.24) is 9.97 Å². The molecule has 2 aromatic heterocycles. The Morgan fingerprint density at radius 1 is 1.35 bits per heavy atom. The number of thiophene rings is 1. The molecule has 1 aliphatic heterocycles. The summed E-state index contributed by atoms with van der Waals surface area (Å²) in [5.74, 6) is 0.121. The van der Waals surface area contributed by atoms with Gasteiger partial charge in [-0.1, -0.05) is 23.9 Å². The summed E-state index contributed by atoms with van der Waals surface area (Å²) < 4.78 is 0.992. The van der Waals surface area contributed by atoms with E-state index >= 15 is 0 Å². The Balaban J connectivity index is 1.59. The van der Waals surface area contributed by atoms with Crippen molar-refractivity contribution < 1.29 is 9.59 Å². The predicted molar refractivity (Wildman–Crippen MR) is 105 cm³/mol. The van der Waals surface area contributed by atoms with Crippen LogP contribution in [0.1, 0.15) is 13.3 Å². The summed E-state index contributed by atoms with van der Waals surface area (Å²) in [6, 6.07) is 9.13. The van der Waals surface area contributed by atoms with Crippen LogP contribution in [0.5, 0.6) is 0 Å². The Hall–Kier alpha value is -2.45. The number of hydrogen-bond donors (Lipinski definition) is 1. The van der Waals surface area contributed by atoms with Crippen LogP contribution in [0.25, 0.3) is 10.2 Å². The molecule has 3 aromatic rings. The Morgan fingerprint density at radius 2 is 2.19 bits per heavy atom. The standard InChI is InChI=1S/C18H16N4O2S2/c1-11-8-15(23)21-12-4-2-3-5-14(12)22(11)16(24)9-26-18-17-13(6-7-25-17)19-10-20-18/h2-7,10-11H,8-9H2,1H3,(H,21,23).